The average Bonchev–Trinajstić information content (AvgIpc) is 1.64. The third kappa shape index (κ3) is 1.76. The highest BCUT2D eigenvalue weighted by Crippen LogP contribution is 2.12. The van der Waals surface area contributed by atoms with Gasteiger partial charge in [-0.15, -0.1) is 0 Å². The molecule has 0 aliphatic carbocycles. The molecule has 0 aromatic carbocycles. The zero-order valence-electron chi connectivity index (χ0n) is 5.26. The number of nitrogens with two attached hydrogens (primary N) is 1. The van der Waals surface area contributed by atoms with Gasteiger partial charge >= 0.3 is 14.5 Å². The van der Waals surface area contributed by atoms with Crippen LogP contribution in [0, 0.1) is 0 Å². The SMILES string of the molecule is [CH3][Al]1[CH2]CCC(N)[O]1. The van der Waals surface area contributed by atoms with Crippen molar-refractivity contribution < 1.29 is 3.79 Å². The van der Waals surface area contributed by atoms with E-state index < -0.39 is 14.5 Å². The summed E-state index contributed by atoms with van der Waals surface area (Å²) in [5.41, 5.74) is 5.54. The van der Waals surface area contributed by atoms with Gasteiger partial charge in [-0.05, 0) is 6.42 Å². The van der Waals surface area contributed by atoms with Gasteiger partial charge in [0, 0.05) is 0 Å². The topological polar surface area (TPSA) is 35.2 Å². The lowest BCUT2D eigenvalue weighted by Gasteiger charge is -2.22. The summed E-state index contributed by atoms with van der Waals surface area (Å²) in [6.07, 6.45) is 2.43. The van der Waals surface area contributed by atoms with Crippen LogP contribution in [0.1, 0.15) is 12.8 Å². The van der Waals surface area contributed by atoms with Gasteiger partial charge in [0.25, 0.3) is 0 Å². The molecule has 3 heteroatoms. The largest absolute Gasteiger partial charge is 0.487 e. The first-order valence-corrected chi connectivity index (χ1v) is 5.64. The maximum absolute atomic E-state index is 5.54. The summed E-state index contributed by atoms with van der Waals surface area (Å²) in [7, 11) is 0. The Morgan fingerprint density at radius 2 is 2.50 bits per heavy atom. The Labute approximate surface area is 54.7 Å². The molecule has 2 N–H and O–H groups in total. The van der Waals surface area contributed by atoms with E-state index >= 15 is 0 Å². The molecule has 2 nitrogen and oxygen atoms in total. The maximum atomic E-state index is 5.54. The van der Waals surface area contributed by atoms with Crippen LogP contribution in [0.5, 0.6) is 0 Å². The van der Waals surface area contributed by atoms with Crippen LogP contribution < -0.4 is 5.73 Å². The maximum Gasteiger partial charge on any atom is 0.458 e. The minimum Gasteiger partial charge on any atom is -0.487 e. The van der Waals surface area contributed by atoms with Crippen LogP contribution in [0.2, 0.25) is 11.1 Å². The molecule has 0 amide bonds. The summed E-state index contributed by atoms with van der Waals surface area (Å²) in [4.78, 5) is 0. The summed E-state index contributed by atoms with van der Waals surface area (Å²) in [6.45, 7) is 0. The fourth-order valence-corrected chi connectivity index (χ4v) is 2.72. The van der Waals surface area contributed by atoms with Crippen molar-refractivity contribution in [3.63, 3.8) is 0 Å². The smallest absolute Gasteiger partial charge is 0.458 e. The van der Waals surface area contributed by atoms with E-state index in [0.29, 0.717) is 0 Å². The van der Waals surface area contributed by atoms with Gasteiger partial charge in [-0.3, -0.25) is 0 Å². The number of hydrogen-bond acceptors (Lipinski definition) is 2. The Morgan fingerprint density at radius 1 is 1.75 bits per heavy atom. The zero-order chi connectivity index (χ0) is 5.98. The lowest BCUT2D eigenvalue weighted by atomic mass is 10.3. The molecule has 1 rings (SSSR count). The molecule has 1 aliphatic rings. The van der Waals surface area contributed by atoms with Crippen molar-refractivity contribution in [3.05, 3.63) is 0 Å². The Bertz CT molecular complexity index is 70.8. The zero-order valence-corrected chi connectivity index (χ0v) is 6.42. The van der Waals surface area contributed by atoms with E-state index in [1.807, 2.05) is 0 Å². The molecule has 1 heterocycles. The van der Waals surface area contributed by atoms with E-state index in [1.54, 1.807) is 0 Å². The predicted octanol–water partition coefficient (Wildman–Crippen LogP) is 0.703. The lowest BCUT2D eigenvalue weighted by Crippen LogP contribution is -2.34. The van der Waals surface area contributed by atoms with Crippen molar-refractivity contribution in [1.29, 1.82) is 0 Å². The third-order valence-corrected chi connectivity index (χ3v) is 3.54. The molecule has 1 unspecified atom stereocenters. The normalized spacial score (nSPS) is 30.8. The van der Waals surface area contributed by atoms with Crippen LogP contribution >= 0.6 is 0 Å². The summed E-state index contributed by atoms with van der Waals surface area (Å²) in [5, 5.41) is 1.31. The van der Waals surface area contributed by atoms with Crippen LogP contribution in [0.15, 0.2) is 0 Å². The van der Waals surface area contributed by atoms with E-state index in [0.717, 1.165) is 6.42 Å². The van der Waals surface area contributed by atoms with E-state index in [-0.39, 0.29) is 6.23 Å². The number of hydrogen-bond donors (Lipinski definition) is 1. The van der Waals surface area contributed by atoms with E-state index in [2.05, 4.69) is 5.79 Å². The summed E-state index contributed by atoms with van der Waals surface area (Å²) >= 11 is -0.777. The van der Waals surface area contributed by atoms with Crippen molar-refractivity contribution in [2.45, 2.75) is 30.1 Å². The fraction of sp³-hybridized carbons (Fsp3) is 1.00. The molecular formula is C5H12AlNO. The van der Waals surface area contributed by atoms with E-state index in [1.165, 1.54) is 11.7 Å². The van der Waals surface area contributed by atoms with E-state index in [4.69, 9.17) is 9.52 Å². The minimum absolute atomic E-state index is 0.0745. The Balaban J connectivity index is 2.23. The summed E-state index contributed by atoms with van der Waals surface area (Å²) in [6, 6.07) is 0. The first kappa shape index (κ1) is 6.57. The quantitative estimate of drug-likeness (QED) is 0.489. The molecule has 0 saturated carbocycles. The van der Waals surface area contributed by atoms with Gasteiger partial charge < -0.3 is 9.52 Å². The van der Waals surface area contributed by atoms with Gasteiger partial charge in [-0.2, -0.15) is 0 Å². The van der Waals surface area contributed by atoms with Crippen LogP contribution in [0.3, 0.4) is 0 Å². The Kier molecular flexibility index (Phi) is 2.33. The monoisotopic (exact) mass is 129 g/mol. The second-order valence-electron chi connectivity index (χ2n) is 2.42. The first-order valence-electron chi connectivity index (χ1n) is 3.20. The molecular weight excluding hydrogens is 117 g/mol. The highest BCUT2D eigenvalue weighted by molar-refractivity contribution is 6.50. The molecule has 0 radical (unpaired) electrons. The molecule has 1 atom stereocenters. The molecule has 0 bridgehead atoms. The van der Waals surface area contributed by atoms with Crippen molar-refractivity contribution in [2.24, 2.45) is 5.73 Å². The molecule has 1 aliphatic heterocycles. The predicted molar refractivity (Wildman–Crippen MR) is 34.7 cm³/mol. The number of rotatable bonds is 0. The lowest BCUT2D eigenvalue weighted by molar-refractivity contribution is 0.180. The fourth-order valence-electron chi connectivity index (χ4n) is 1.04. The van der Waals surface area contributed by atoms with Crippen LogP contribution in [-0.4, -0.2) is 20.7 Å². The highest BCUT2D eigenvalue weighted by atomic mass is 27.2. The standard InChI is InChI=1S/C4H9NO.CH3.Al/c1-2-3-4(5)6;;/h4H,1-3,5H2;1H3;/q-1;;+1. The van der Waals surface area contributed by atoms with Gasteiger partial charge in [0.05, 0.1) is 6.23 Å². The molecule has 46 valence electrons. The first-order chi connectivity index (χ1) is 3.79. The van der Waals surface area contributed by atoms with Crippen molar-refractivity contribution in [2.75, 3.05) is 0 Å². The summed E-state index contributed by atoms with van der Waals surface area (Å²) in [5.74, 6) is 2.21. The minimum atomic E-state index is -0.777. The molecule has 1 fully saturated rings. The molecule has 0 aromatic heterocycles. The van der Waals surface area contributed by atoms with Gasteiger partial charge in [-0.1, -0.05) is 17.5 Å². The van der Waals surface area contributed by atoms with Crippen molar-refractivity contribution in [1.82, 2.24) is 0 Å². The molecule has 8 heavy (non-hydrogen) atoms. The van der Waals surface area contributed by atoms with Crippen LogP contribution in [0.25, 0.3) is 0 Å². The van der Waals surface area contributed by atoms with Crippen LogP contribution in [-0.2, 0) is 3.79 Å². The van der Waals surface area contributed by atoms with Crippen molar-refractivity contribution >= 4 is 14.5 Å². The highest BCUT2D eigenvalue weighted by Gasteiger charge is 2.21. The molecule has 1 saturated heterocycles. The van der Waals surface area contributed by atoms with Gasteiger partial charge in [0.2, 0.25) is 0 Å². The second-order valence-corrected chi connectivity index (χ2v) is 4.89. The molecule has 0 aromatic rings. The summed E-state index contributed by atoms with van der Waals surface area (Å²) < 4.78 is 5.40. The van der Waals surface area contributed by atoms with Crippen molar-refractivity contribution in [3.8, 4) is 0 Å². The third-order valence-electron chi connectivity index (χ3n) is 1.51. The molecule has 0 spiro atoms. The van der Waals surface area contributed by atoms with E-state index in [9.17, 15) is 0 Å². The van der Waals surface area contributed by atoms with Crippen LogP contribution in [0.4, 0.5) is 0 Å². The Morgan fingerprint density at radius 3 is 2.88 bits per heavy atom. The van der Waals surface area contributed by atoms with Gasteiger partial charge in [0.15, 0.2) is 0 Å². The van der Waals surface area contributed by atoms with Gasteiger partial charge in [-0.25, -0.2) is 0 Å². The average molecular weight is 129 g/mol. The Hall–Kier alpha value is 0.452. The van der Waals surface area contributed by atoms with Gasteiger partial charge in [0.1, 0.15) is 0 Å². The second kappa shape index (κ2) is 2.84.